The van der Waals surface area contributed by atoms with Crippen LogP contribution in [0.4, 0.5) is 5.69 Å². The van der Waals surface area contributed by atoms with Crippen LogP contribution < -0.4 is 9.46 Å². The molecule has 2 aromatic carbocycles. The number of methoxy groups -OCH3 is 1. The summed E-state index contributed by atoms with van der Waals surface area (Å²) in [5, 5.41) is 10.8. The molecule has 0 spiro atoms. The Morgan fingerprint density at radius 2 is 1.93 bits per heavy atom. The molecule has 6 nitrogen and oxygen atoms in total. The van der Waals surface area contributed by atoms with E-state index in [-0.39, 0.29) is 5.75 Å². The average molecular weight is 412 g/mol. The Bertz CT molecular complexity index is 1170. The van der Waals surface area contributed by atoms with Gasteiger partial charge in [0.1, 0.15) is 11.8 Å². The van der Waals surface area contributed by atoms with Crippen LogP contribution in [0.5, 0.6) is 5.75 Å². The van der Waals surface area contributed by atoms with Crippen LogP contribution in [0.25, 0.3) is 22.2 Å². The van der Waals surface area contributed by atoms with E-state index in [4.69, 9.17) is 4.74 Å². The van der Waals surface area contributed by atoms with E-state index in [0.29, 0.717) is 17.7 Å². The highest BCUT2D eigenvalue weighted by Crippen LogP contribution is 2.36. The van der Waals surface area contributed by atoms with E-state index in [1.54, 1.807) is 25.3 Å². The Kier molecular flexibility index (Phi) is 6.14. The van der Waals surface area contributed by atoms with Gasteiger partial charge in [0.15, 0.2) is 0 Å². The monoisotopic (exact) mass is 411 g/mol. The van der Waals surface area contributed by atoms with E-state index in [2.05, 4.69) is 22.3 Å². The van der Waals surface area contributed by atoms with Gasteiger partial charge in [-0.2, -0.15) is 5.26 Å². The maximum Gasteiger partial charge on any atom is 0.232 e. The maximum atomic E-state index is 12.2. The highest BCUT2D eigenvalue weighted by molar-refractivity contribution is 7.92. The minimum atomic E-state index is -3.39. The van der Waals surface area contributed by atoms with Gasteiger partial charge in [0.25, 0.3) is 0 Å². The number of fused-ring (bicyclic) bond motifs is 1. The lowest BCUT2D eigenvalue weighted by Crippen LogP contribution is -2.16. The van der Waals surface area contributed by atoms with Gasteiger partial charge in [0, 0.05) is 29.2 Å². The molecule has 0 saturated heterocycles. The normalized spacial score (nSPS) is 11.4. The van der Waals surface area contributed by atoms with Crippen LogP contribution in [-0.2, 0) is 16.6 Å². The SMILES string of the molecule is CCCn1c(-c2cccc(NS(=O)(=O)CCC)c2)c(C#N)c2ccc(OC)cc21. The van der Waals surface area contributed by atoms with E-state index in [1.807, 2.05) is 31.2 Å². The molecule has 7 heteroatoms. The smallest absolute Gasteiger partial charge is 0.232 e. The summed E-state index contributed by atoms with van der Waals surface area (Å²) < 4.78 is 34.4. The standard InChI is InChI=1S/C22H25N3O3S/c1-4-11-25-21-14-18(28-3)9-10-19(21)20(15-23)22(25)16-7-6-8-17(13-16)24-29(26,27)12-5-2/h6-10,13-14,24H,4-5,11-12H2,1-3H3. The van der Waals surface area contributed by atoms with Gasteiger partial charge in [-0.05, 0) is 37.1 Å². The molecule has 0 bridgehead atoms. The van der Waals surface area contributed by atoms with Crippen molar-refractivity contribution < 1.29 is 13.2 Å². The molecule has 0 unspecified atom stereocenters. The molecule has 0 aliphatic carbocycles. The first-order valence-corrected chi connectivity index (χ1v) is 11.3. The van der Waals surface area contributed by atoms with Crippen molar-refractivity contribution >= 4 is 26.6 Å². The van der Waals surface area contributed by atoms with Crippen molar-refractivity contribution in [2.24, 2.45) is 0 Å². The number of benzene rings is 2. The van der Waals surface area contributed by atoms with Crippen molar-refractivity contribution in [3.63, 3.8) is 0 Å². The van der Waals surface area contributed by atoms with Crippen molar-refractivity contribution in [2.75, 3.05) is 17.6 Å². The number of aryl methyl sites for hydroxylation is 1. The summed E-state index contributed by atoms with van der Waals surface area (Å²) >= 11 is 0. The highest BCUT2D eigenvalue weighted by atomic mass is 32.2. The molecule has 0 amide bonds. The molecular formula is C22H25N3O3S. The number of nitriles is 1. The van der Waals surface area contributed by atoms with Crippen LogP contribution in [0.1, 0.15) is 32.3 Å². The van der Waals surface area contributed by atoms with Crippen LogP contribution in [0, 0.1) is 11.3 Å². The molecule has 0 saturated carbocycles. The lowest BCUT2D eigenvalue weighted by molar-refractivity contribution is 0.415. The molecular weight excluding hydrogens is 386 g/mol. The third-order valence-electron chi connectivity index (χ3n) is 4.71. The van der Waals surface area contributed by atoms with Gasteiger partial charge in [-0.15, -0.1) is 0 Å². The zero-order valence-corrected chi connectivity index (χ0v) is 17.7. The van der Waals surface area contributed by atoms with Crippen molar-refractivity contribution in [1.29, 1.82) is 5.26 Å². The van der Waals surface area contributed by atoms with Crippen molar-refractivity contribution in [3.05, 3.63) is 48.0 Å². The largest absolute Gasteiger partial charge is 0.497 e. The molecule has 152 valence electrons. The topological polar surface area (TPSA) is 84.1 Å². The maximum absolute atomic E-state index is 12.2. The summed E-state index contributed by atoms with van der Waals surface area (Å²) in [5.74, 6) is 0.792. The predicted molar refractivity (Wildman–Crippen MR) is 117 cm³/mol. The molecule has 1 aromatic heterocycles. The fourth-order valence-electron chi connectivity index (χ4n) is 3.55. The first-order chi connectivity index (χ1) is 13.9. The number of anilines is 1. The predicted octanol–water partition coefficient (Wildman–Crippen LogP) is 4.75. The minimum Gasteiger partial charge on any atom is -0.497 e. The number of rotatable bonds is 8. The molecule has 1 heterocycles. The lowest BCUT2D eigenvalue weighted by atomic mass is 10.1. The zero-order valence-electron chi connectivity index (χ0n) is 16.9. The molecule has 0 fully saturated rings. The fraction of sp³-hybridized carbons (Fsp3) is 0.318. The lowest BCUT2D eigenvalue weighted by Gasteiger charge is -2.13. The van der Waals surface area contributed by atoms with E-state index in [1.165, 1.54) is 0 Å². The van der Waals surface area contributed by atoms with Gasteiger partial charge < -0.3 is 9.30 Å². The summed E-state index contributed by atoms with van der Waals surface area (Å²) in [6, 6.07) is 15.2. The van der Waals surface area contributed by atoms with Crippen LogP contribution in [0.15, 0.2) is 42.5 Å². The van der Waals surface area contributed by atoms with Crippen molar-refractivity contribution in [3.8, 4) is 23.1 Å². The summed E-state index contributed by atoms with van der Waals surface area (Å²) in [6.45, 7) is 4.63. The van der Waals surface area contributed by atoms with E-state index in [0.717, 1.165) is 40.9 Å². The third-order valence-corrected chi connectivity index (χ3v) is 6.21. The Morgan fingerprint density at radius 3 is 2.59 bits per heavy atom. The third kappa shape index (κ3) is 4.22. The van der Waals surface area contributed by atoms with Crippen LogP contribution in [-0.4, -0.2) is 25.8 Å². The Morgan fingerprint density at radius 1 is 1.14 bits per heavy atom. The van der Waals surface area contributed by atoms with E-state index in [9.17, 15) is 13.7 Å². The van der Waals surface area contributed by atoms with E-state index < -0.39 is 10.0 Å². The number of ether oxygens (including phenoxy) is 1. The number of aromatic nitrogens is 1. The van der Waals surface area contributed by atoms with Crippen LogP contribution >= 0.6 is 0 Å². The molecule has 0 aliphatic heterocycles. The summed E-state index contributed by atoms with van der Waals surface area (Å²) in [7, 11) is -1.77. The molecule has 0 atom stereocenters. The Labute approximate surface area is 171 Å². The molecule has 1 N–H and O–H groups in total. The number of nitrogens with one attached hydrogen (secondary N) is 1. The van der Waals surface area contributed by atoms with Gasteiger partial charge in [-0.1, -0.05) is 26.0 Å². The average Bonchev–Trinajstić information content (AvgIpc) is 3.00. The van der Waals surface area contributed by atoms with E-state index >= 15 is 0 Å². The second-order valence-electron chi connectivity index (χ2n) is 6.87. The number of sulfonamides is 1. The summed E-state index contributed by atoms with van der Waals surface area (Å²) in [6.07, 6.45) is 1.43. The molecule has 3 rings (SSSR count). The minimum absolute atomic E-state index is 0.0660. The van der Waals surface area contributed by atoms with Crippen molar-refractivity contribution in [1.82, 2.24) is 4.57 Å². The first kappa shape index (κ1) is 20.7. The number of hydrogen-bond donors (Lipinski definition) is 1. The fourth-order valence-corrected chi connectivity index (χ4v) is 4.68. The molecule has 29 heavy (non-hydrogen) atoms. The highest BCUT2D eigenvalue weighted by Gasteiger charge is 2.19. The summed E-state index contributed by atoms with van der Waals surface area (Å²) in [5.41, 5.74) is 3.57. The van der Waals surface area contributed by atoms with Gasteiger partial charge in [-0.3, -0.25) is 4.72 Å². The van der Waals surface area contributed by atoms with Gasteiger partial charge in [0.2, 0.25) is 10.0 Å². The quantitative estimate of drug-likeness (QED) is 0.580. The van der Waals surface area contributed by atoms with Crippen molar-refractivity contribution in [2.45, 2.75) is 33.2 Å². The number of nitrogens with zero attached hydrogens (tertiary/aromatic N) is 2. The summed E-state index contributed by atoms with van der Waals surface area (Å²) in [4.78, 5) is 0. The second-order valence-corrected chi connectivity index (χ2v) is 8.71. The molecule has 0 aliphatic rings. The van der Waals surface area contributed by atoms with Crippen LogP contribution in [0.2, 0.25) is 0 Å². The zero-order chi connectivity index (χ0) is 21.0. The second kappa shape index (κ2) is 8.58. The Balaban J connectivity index is 2.20. The number of hydrogen-bond acceptors (Lipinski definition) is 4. The molecule has 0 radical (unpaired) electrons. The molecule has 3 aromatic rings. The van der Waals surface area contributed by atoms with Gasteiger partial charge in [0.05, 0.1) is 29.6 Å². The van der Waals surface area contributed by atoms with Gasteiger partial charge >= 0.3 is 0 Å². The van der Waals surface area contributed by atoms with Crippen LogP contribution in [0.3, 0.4) is 0 Å². The van der Waals surface area contributed by atoms with Gasteiger partial charge in [-0.25, -0.2) is 8.42 Å². The first-order valence-electron chi connectivity index (χ1n) is 9.65. The Hall–Kier alpha value is -2.98.